The maximum absolute atomic E-state index is 12.0. The number of rotatable bonds is 4. The van der Waals surface area contributed by atoms with Gasteiger partial charge in [0.25, 0.3) is 0 Å². The molecular weight excluding hydrogens is 268 g/mol. The van der Waals surface area contributed by atoms with Crippen LogP contribution in [0.5, 0.6) is 0 Å². The Morgan fingerprint density at radius 1 is 1.40 bits per heavy atom. The molecule has 1 N–H and O–H groups in total. The van der Waals surface area contributed by atoms with Crippen LogP contribution in [0.2, 0.25) is 0 Å². The Balaban J connectivity index is 2.67. The molecule has 1 aromatic rings. The van der Waals surface area contributed by atoms with Crippen LogP contribution in [0, 0.1) is 11.8 Å². The van der Waals surface area contributed by atoms with Crippen molar-refractivity contribution in [2.24, 2.45) is 0 Å². The monoisotopic (exact) mass is 290 g/mol. The third-order valence-electron chi connectivity index (χ3n) is 2.46. The van der Waals surface area contributed by atoms with Crippen LogP contribution in [0.3, 0.4) is 0 Å². The van der Waals surface area contributed by atoms with E-state index >= 15 is 0 Å². The Morgan fingerprint density at radius 3 is 2.70 bits per heavy atom. The van der Waals surface area contributed by atoms with Crippen LogP contribution < -0.4 is 4.72 Å². The maximum Gasteiger partial charge on any atom is 0.136 e. The number of nitrogens with one attached hydrogen (secondary N) is 1. The van der Waals surface area contributed by atoms with E-state index in [1.54, 1.807) is 19.3 Å². The van der Waals surface area contributed by atoms with Crippen molar-refractivity contribution in [3.63, 3.8) is 0 Å². The molecule has 0 aliphatic carbocycles. The lowest BCUT2D eigenvalue weighted by atomic mass is 10.2. The van der Waals surface area contributed by atoms with E-state index in [1.807, 2.05) is 45.9 Å². The zero-order valence-corrected chi connectivity index (χ0v) is 13.5. The largest absolute Gasteiger partial charge is 0.598 e. The van der Waals surface area contributed by atoms with Gasteiger partial charge in [-0.15, -0.1) is 10.6 Å². The van der Waals surface area contributed by atoms with Gasteiger partial charge in [0.2, 0.25) is 0 Å². The summed E-state index contributed by atoms with van der Waals surface area (Å²) in [7, 11) is 0. The molecule has 0 bridgehead atoms. The molecule has 1 unspecified atom stereocenters. The van der Waals surface area contributed by atoms with Crippen molar-refractivity contribution >= 4 is 17.4 Å². The summed E-state index contributed by atoms with van der Waals surface area (Å²) in [6, 6.07) is 2.00. The van der Waals surface area contributed by atoms with E-state index in [-0.39, 0.29) is 10.8 Å². The van der Waals surface area contributed by atoms with Gasteiger partial charge < -0.3 is 4.55 Å². The minimum atomic E-state index is -1.07. The first-order chi connectivity index (χ1) is 9.32. The summed E-state index contributed by atoms with van der Waals surface area (Å²) in [5.41, 5.74) is 1.88. The molecule has 4 heteroatoms. The standard InChI is InChI=1S/C16H22N2OS/c1-6-7-14-10-15(12-17-11-14)9-8-13(2)18-20(19)16(3,4)5/h8-13,18H,1-5H3/b9-8+/t13-,20?/m1/s1. The van der Waals surface area contributed by atoms with Crippen LogP contribution in [0.4, 0.5) is 0 Å². The summed E-state index contributed by atoms with van der Waals surface area (Å²) in [6.07, 6.45) is 7.46. The zero-order chi connectivity index (χ0) is 15.2. The summed E-state index contributed by atoms with van der Waals surface area (Å²) in [5.74, 6) is 5.83. The first-order valence-corrected chi connectivity index (χ1v) is 7.72. The quantitative estimate of drug-likeness (QED) is 0.685. The summed E-state index contributed by atoms with van der Waals surface area (Å²) in [5, 5.41) is 0. The third-order valence-corrected chi connectivity index (χ3v) is 4.15. The maximum atomic E-state index is 12.0. The van der Waals surface area contributed by atoms with Crippen molar-refractivity contribution in [1.82, 2.24) is 9.71 Å². The van der Waals surface area contributed by atoms with Gasteiger partial charge in [-0.25, -0.2) is 0 Å². The molecule has 0 fully saturated rings. The van der Waals surface area contributed by atoms with Gasteiger partial charge in [-0.1, -0.05) is 18.1 Å². The van der Waals surface area contributed by atoms with E-state index < -0.39 is 11.4 Å². The van der Waals surface area contributed by atoms with Crippen LogP contribution in [0.15, 0.2) is 24.5 Å². The zero-order valence-electron chi connectivity index (χ0n) is 12.7. The van der Waals surface area contributed by atoms with Crippen LogP contribution in [0.1, 0.15) is 45.7 Å². The highest BCUT2D eigenvalue weighted by molar-refractivity contribution is 7.90. The van der Waals surface area contributed by atoms with Gasteiger partial charge in [-0.3, -0.25) is 4.98 Å². The Morgan fingerprint density at radius 2 is 2.10 bits per heavy atom. The second-order valence-corrected chi connectivity index (χ2v) is 7.53. The van der Waals surface area contributed by atoms with Gasteiger partial charge in [-0.2, -0.15) is 0 Å². The minimum absolute atomic E-state index is 0.0240. The molecule has 0 aliphatic rings. The molecular formula is C16H22N2OS. The van der Waals surface area contributed by atoms with Crippen molar-refractivity contribution < 1.29 is 4.55 Å². The molecule has 0 saturated heterocycles. The fourth-order valence-corrected chi connectivity index (χ4v) is 2.17. The van der Waals surface area contributed by atoms with Crippen LogP contribution in [-0.4, -0.2) is 20.3 Å². The van der Waals surface area contributed by atoms with Crippen LogP contribution in [-0.2, 0) is 11.4 Å². The van der Waals surface area contributed by atoms with Crippen molar-refractivity contribution in [3.8, 4) is 11.8 Å². The Bertz CT molecular complexity index is 523. The minimum Gasteiger partial charge on any atom is -0.598 e. The average molecular weight is 290 g/mol. The first-order valence-electron chi connectivity index (χ1n) is 6.57. The lowest BCUT2D eigenvalue weighted by molar-refractivity contribution is 0.539. The van der Waals surface area contributed by atoms with E-state index in [9.17, 15) is 4.55 Å². The van der Waals surface area contributed by atoms with Gasteiger partial charge in [0.1, 0.15) is 4.75 Å². The molecule has 0 amide bonds. The molecule has 108 valence electrons. The van der Waals surface area contributed by atoms with E-state index in [4.69, 9.17) is 0 Å². The molecule has 1 heterocycles. The number of aromatic nitrogens is 1. The Hall–Kier alpha value is -1.28. The van der Waals surface area contributed by atoms with Crippen LogP contribution >= 0.6 is 0 Å². The molecule has 0 aliphatic heterocycles. The Labute approximate surface area is 125 Å². The highest BCUT2D eigenvalue weighted by Gasteiger charge is 2.27. The molecule has 0 aromatic carbocycles. The highest BCUT2D eigenvalue weighted by Crippen LogP contribution is 2.14. The van der Waals surface area contributed by atoms with E-state index in [0.29, 0.717) is 0 Å². The summed E-state index contributed by atoms with van der Waals surface area (Å²) >= 11 is -1.07. The molecule has 1 aromatic heterocycles. The van der Waals surface area contributed by atoms with Gasteiger partial charge in [-0.05, 0) is 46.2 Å². The summed E-state index contributed by atoms with van der Waals surface area (Å²) < 4.78 is 14.8. The summed E-state index contributed by atoms with van der Waals surface area (Å²) in [6.45, 7) is 9.62. The van der Waals surface area contributed by atoms with Gasteiger partial charge in [0, 0.05) is 29.3 Å². The normalized spacial score (nSPS) is 14.7. The predicted octanol–water partition coefficient (Wildman–Crippen LogP) is 2.91. The SMILES string of the molecule is CC#Cc1cncc(/C=C/[C@@H](C)N[S+]([O-])C(C)(C)C)c1. The van der Waals surface area contributed by atoms with Crippen molar-refractivity contribution in [2.75, 3.05) is 0 Å². The topological polar surface area (TPSA) is 48.0 Å². The molecule has 2 atom stereocenters. The van der Waals surface area contributed by atoms with E-state index in [0.717, 1.165) is 11.1 Å². The fourth-order valence-electron chi connectivity index (χ4n) is 1.40. The smallest absolute Gasteiger partial charge is 0.136 e. The molecule has 0 radical (unpaired) electrons. The molecule has 20 heavy (non-hydrogen) atoms. The lowest BCUT2D eigenvalue weighted by Gasteiger charge is -2.25. The summed E-state index contributed by atoms with van der Waals surface area (Å²) in [4.78, 5) is 4.15. The first kappa shape index (κ1) is 16.8. The van der Waals surface area contributed by atoms with E-state index in [1.165, 1.54) is 0 Å². The van der Waals surface area contributed by atoms with E-state index in [2.05, 4.69) is 21.5 Å². The number of nitrogens with zero attached hydrogens (tertiary/aromatic N) is 1. The van der Waals surface area contributed by atoms with Crippen LogP contribution in [0.25, 0.3) is 6.08 Å². The van der Waals surface area contributed by atoms with Crippen molar-refractivity contribution in [1.29, 1.82) is 0 Å². The average Bonchev–Trinajstić information content (AvgIpc) is 2.36. The highest BCUT2D eigenvalue weighted by atomic mass is 32.2. The van der Waals surface area contributed by atoms with Gasteiger partial charge >= 0.3 is 0 Å². The molecule has 3 nitrogen and oxygen atoms in total. The second kappa shape index (κ2) is 7.49. The number of pyridine rings is 1. The van der Waals surface area contributed by atoms with Gasteiger partial charge in [0.05, 0.1) is 6.04 Å². The Kier molecular flexibility index (Phi) is 6.28. The van der Waals surface area contributed by atoms with Crippen molar-refractivity contribution in [2.45, 2.75) is 45.4 Å². The van der Waals surface area contributed by atoms with Gasteiger partial charge in [0.15, 0.2) is 0 Å². The fraction of sp³-hybridized carbons (Fsp3) is 0.438. The number of hydrogen-bond donors (Lipinski definition) is 1. The molecule has 0 saturated carbocycles. The molecule has 1 rings (SSSR count). The number of hydrogen-bond acceptors (Lipinski definition) is 3. The van der Waals surface area contributed by atoms with Crippen molar-refractivity contribution in [3.05, 3.63) is 35.7 Å². The third kappa shape index (κ3) is 5.79. The molecule has 0 spiro atoms. The predicted molar refractivity (Wildman–Crippen MR) is 86.3 cm³/mol. The second-order valence-electron chi connectivity index (χ2n) is 5.53. The lowest BCUT2D eigenvalue weighted by Crippen LogP contribution is -2.42.